The first-order valence-corrected chi connectivity index (χ1v) is 6.98. The fourth-order valence-electron chi connectivity index (χ4n) is 1.64. The third-order valence-corrected chi connectivity index (χ3v) is 3.91. The van der Waals surface area contributed by atoms with Crippen LogP contribution in [-0.4, -0.2) is 35.3 Å². The summed E-state index contributed by atoms with van der Waals surface area (Å²) in [5.41, 5.74) is 0. The van der Waals surface area contributed by atoms with E-state index in [1.165, 1.54) is 0 Å². The molecule has 0 aliphatic rings. The van der Waals surface area contributed by atoms with Crippen LogP contribution in [0.15, 0.2) is 12.7 Å². The molecule has 0 radical (unpaired) electrons. The van der Waals surface area contributed by atoms with Gasteiger partial charge in [-0.2, -0.15) is 11.8 Å². The fraction of sp³-hybridized carbons (Fsp3) is 0.833. The molecular formula is C12H25NOS. The highest BCUT2D eigenvalue weighted by molar-refractivity contribution is 7.99. The number of aliphatic hydroxyl groups is 1. The van der Waals surface area contributed by atoms with Gasteiger partial charge in [0, 0.05) is 17.3 Å². The van der Waals surface area contributed by atoms with Crippen molar-refractivity contribution in [1.82, 2.24) is 5.32 Å². The van der Waals surface area contributed by atoms with Crippen molar-refractivity contribution in [2.75, 3.05) is 12.9 Å². The number of rotatable bonds is 9. The van der Waals surface area contributed by atoms with Crippen molar-refractivity contribution in [3.05, 3.63) is 12.7 Å². The van der Waals surface area contributed by atoms with Crippen LogP contribution in [-0.2, 0) is 0 Å². The molecule has 3 atom stereocenters. The van der Waals surface area contributed by atoms with Gasteiger partial charge < -0.3 is 10.4 Å². The Morgan fingerprint density at radius 2 is 2.20 bits per heavy atom. The lowest BCUT2D eigenvalue weighted by Crippen LogP contribution is -2.43. The minimum absolute atomic E-state index is 0.243. The monoisotopic (exact) mass is 231 g/mol. The molecule has 0 spiro atoms. The normalized spacial score (nSPS) is 17.1. The Balaban J connectivity index is 3.97. The van der Waals surface area contributed by atoms with E-state index in [0.29, 0.717) is 17.3 Å². The molecule has 0 bridgehead atoms. The smallest absolute Gasteiger partial charge is 0.0564 e. The van der Waals surface area contributed by atoms with E-state index in [9.17, 15) is 5.11 Å². The molecule has 0 heterocycles. The first-order valence-electron chi connectivity index (χ1n) is 5.70. The van der Waals surface area contributed by atoms with Crippen LogP contribution in [0.3, 0.4) is 0 Å². The maximum Gasteiger partial charge on any atom is 0.0564 e. The fourth-order valence-corrected chi connectivity index (χ4v) is 2.28. The number of hydrogen-bond acceptors (Lipinski definition) is 3. The average Bonchev–Trinajstić information content (AvgIpc) is 2.25. The zero-order valence-electron chi connectivity index (χ0n) is 10.2. The van der Waals surface area contributed by atoms with Crippen molar-refractivity contribution in [3.8, 4) is 0 Å². The van der Waals surface area contributed by atoms with E-state index in [1.807, 2.05) is 12.3 Å². The van der Waals surface area contributed by atoms with E-state index in [4.69, 9.17) is 0 Å². The third kappa shape index (κ3) is 6.23. The average molecular weight is 231 g/mol. The second-order valence-electron chi connectivity index (χ2n) is 3.88. The lowest BCUT2D eigenvalue weighted by Gasteiger charge is -2.26. The second kappa shape index (κ2) is 9.25. The van der Waals surface area contributed by atoms with Gasteiger partial charge in [-0.15, -0.1) is 6.58 Å². The van der Waals surface area contributed by atoms with Crippen molar-refractivity contribution in [2.24, 2.45) is 0 Å². The topological polar surface area (TPSA) is 32.3 Å². The summed E-state index contributed by atoms with van der Waals surface area (Å²) in [5.74, 6) is 0. The molecule has 2 N–H and O–H groups in total. The zero-order chi connectivity index (χ0) is 11.7. The SMILES string of the molecule is C=CCCC(CC)NC(C)C(CO)SC. The maximum atomic E-state index is 9.18. The summed E-state index contributed by atoms with van der Waals surface area (Å²) >= 11 is 1.72. The van der Waals surface area contributed by atoms with Gasteiger partial charge in [-0.3, -0.25) is 0 Å². The molecule has 0 aromatic heterocycles. The quantitative estimate of drug-likeness (QED) is 0.598. The van der Waals surface area contributed by atoms with Gasteiger partial charge in [0.25, 0.3) is 0 Å². The number of allylic oxidation sites excluding steroid dienone is 1. The van der Waals surface area contributed by atoms with Gasteiger partial charge in [0.1, 0.15) is 0 Å². The molecule has 0 aromatic carbocycles. The standard InChI is InChI=1S/C12H25NOS/c1-5-7-8-11(6-2)13-10(3)12(9-14)15-4/h5,10-14H,1,6-9H2,2-4H3. The summed E-state index contributed by atoms with van der Waals surface area (Å²) in [7, 11) is 0. The molecule has 90 valence electrons. The maximum absolute atomic E-state index is 9.18. The molecule has 0 aliphatic heterocycles. The molecule has 0 fully saturated rings. The van der Waals surface area contributed by atoms with Gasteiger partial charge in [0.2, 0.25) is 0 Å². The van der Waals surface area contributed by atoms with Gasteiger partial charge in [-0.1, -0.05) is 13.0 Å². The summed E-state index contributed by atoms with van der Waals surface area (Å²) in [4.78, 5) is 0. The molecule has 3 unspecified atom stereocenters. The minimum Gasteiger partial charge on any atom is -0.395 e. The van der Waals surface area contributed by atoms with Crippen LogP contribution in [0.1, 0.15) is 33.1 Å². The molecule has 0 amide bonds. The highest BCUT2D eigenvalue weighted by Crippen LogP contribution is 2.12. The van der Waals surface area contributed by atoms with Gasteiger partial charge in [0.15, 0.2) is 0 Å². The summed E-state index contributed by atoms with van der Waals surface area (Å²) < 4.78 is 0. The predicted molar refractivity (Wildman–Crippen MR) is 70.5 cm³/mol. The Hall–Kier alpha value is 0.0100. The van der Waals surface area contributed by atoms with Crippen LogP contribution in [0.25, 0.3) is 0 Å². The third-order valence-electron chi connectivity index (χ3n) is 2.75. The number of thioether (sulfide) groups is 1. The second-order valence-corrected chi connectivity index (χ2v) is 4.96. The lowest BCUT2D eigenvalue weighted by atomic mass is 10.1. The molecule has 0 aliphatic carbocycles. The molecule has 0 saturated heterocycles. The van der Waals surface area contributed by atoms with E-state index in [2.05, 4.69) is 25.7 Å². The predicted octanol–water partition coefficient (Wildman–Crippen LogP) is 2.43. The van der Waals surface area contributed by atoms with Crippen LogP contribution >= 0.6 is 11.8 Å². The molecule has 15 heavy (non-hydrogen) atoms. The van der Waals surface area contributed by atoms with Gasteiger partial charge >= 0.3 is 0 Å². The highest BCUT2D eigenvalue weighted by atomic mass is 32.2. The Morgan fingerprint density at radius 1 is 1.53 bits per heavy atom. The van der Waals surface area contributed by atoms with Crippen LogP contribution in [0.5, 0.6) is 0 Å². The minimum atomic E-state index is 0.243. The lowest BCUT2D eigenvalue weighted by molar-refractivity contribution is 0.268. The largest absolute Gasteiger partial charge is 0.395 e. The number of aliphatic hydroxyl groups excluding tert-OH is 1. The number of nitrogens with one attached hydrogen (secondary N) is 1. The van der Waals surface area contributed by atoms with E-state index < -0.39 is 0 Å². The number of hydrogen-bond donors (Lipinski definition) is 2. The Bertz CT molecular complexity index is 160. The van der Waals surface area contributed by atoms with Gasteiger partial charge in [-0.05, 0) is 32.4 Å². The molecular weight excluding hydrogens is 206 g/mol. The van der Waals surface area contributed by atoms with Crippen molar-refractivity contribution in [2.45, 2.75) is 50.4 Å². The molecule has 0 rings (SSSR count). The van der Waals surface area contributed by atoms with E-state index in [1.54, 1.807) is 11.8 Å². The van der Waals surface area contributed by atoms with E-state index in [0.717, 1.165) is 19.3 Å². The van der Waals surface area contributed by atoms with Crippen molar-refractivity contribution >= 4 is 11.8 Å². The molecule has 2 nitrogen and oxygen atoms in total. The van der Waals surface area contributed by atoms with Gasteiger partial charge in [0.05, 0.1) is 6.61 Å². The Labute approximate surface area is 98.5 Å². The van der Waals surface area contributed by atoms with Crippen LogP contribution in [0.4, 0.5) is 0 Å². The summed E-state index contributed by atoms with van der Waals surface area (Å²) in [6.07, 6.45) is 7.33. The van der Waals surface area contributed by atoms with E-state index in [-0.39, 0.29) is 6.61 Å². The van der Waals surface area contributed by atoms with Crippen LogP contribution in [0, 0.1) is 0 Å². The first kappa shape index (κ1) is 15.0. The highest BCUT2D eigenvalue weighted by Gasteiger charge is 2.17. The van der Waals surface area contributed by atoms with Crippen molar-refractivity contribution in [1.29, 1.82) is 0 Å². The van der Waals surface area contributed by atoms with Gasteiger partial charge in [-0.25, -0.2) is 0 Å². The summed E-state index contributed by atoms with van der Waals surface area (Å²) in [5, 5.41) is 13.1. The molecule has 0 aromatic rings. The van der Waals surface area contributed by atoms with Crippen LogP contribution in [0.2, 0.25) is 0 Å². The van der Waals surface area contributed by atoms with Crippen molar-refractivity contribution < 1.29 is 5.11 Å². The summed E-state index contributed by atoms with van der Waals surface area (Å²) in [6, 6.07) is 0.902. The van der Waals surface area contributed by atoms with Crippen molar-refractivity contribution in [3.63, 3.8) is 0 Å². The molecule has 3 heteroatoms. The Morgan fingerprint density at radius 3 is 2.60 bits per heavy atom. The van der Waals surface area contributed by atoms with Crippen LogP contribution < -0.4 is 5.32 Å². The first-order chi connectivity index (χ1) is 7.19. The molecule has 0 saturated carbocycles. The van der Waals surface area contributed by atoms with E-state index >= 15 is 0 Å². The summed E-state index contributed by atoms with van der Waals surface area (Å²) in [6.45, 7) is 8.33. The zero-order valence-corrected chi connectivity index (χ0v) is 11.0. The Kier molecular flexibility index (Phi) is 9.26.